The molecule has 0 amide bonds. The van der Waals surface area contributed by atoms with Crippen LogP contribution in [0.3, 0.4) is 0 Å². The Morgan fingerprint density at radius 3 is 1.98 bits per heavy atom. The van der Waals surface area contributed by atoms with E-state index in [1.54, 1.807) is 4.90 Å². The van der Waals surface area contributed by atoms with Crippen molar-refractivity contribution in [2.75, 3.05) is 11.9 Å². The summed E-state index contributed by atoms with van der Waals surface area (Å²) in [5, 5.41) is 2.12. The van der Waals surface area contributed by atoms with E-state index in [1.165, 1.54) is 10.1 Å². The SMILES string of the molecule is [2H]C([2H])([2H])[N+]1=[C-]N(c2[c-]c(Oc3[c-]c4c(cc3)c3ccccc3n4-c3cc(C(C)(C)C)ccn3)ccc2)c2ccccc2-c2ccccc2-c2ccccc2-c2ccccc21.[Pt]. The maximum Gasteiger partial charge on any atom is 0.243 e. The minimum absolute atomic E-state index is 0. The Labute approximate surface area is 364 Å². The zero-order chi connectivity index (χ0) is 41.9. The van der Waals surface area contributed by atoms with E-state index in [9.17, 15) is 0 Å². The second kappa shape index (κ2) is 15.3. The number of ether oxygens (including phenoxy) is 1. The van der Waals surface area contributed by atoms with Gasteiger partial charge in [0.15, 0.2) is 0 Å². The molecule has 5 nitrogen and oxygen atoms in total. The molecule has 290 valence electrons. The van der Waals surface area contributed by atoms with Crippen molar-refractivity contribution in [1.29, 1.82) is 0 Å². The summed E-state index contributed by atoms with van der Waals surface area (Å²) in [5.74, 6) is 1.72. The van der Waals surface area contributed by atoms with Gasteiger partial charge < -0.3 is 18.8 Å². The smallest absolute Gasteiger partial charge is 0.243 e. The molecule has 59 heavy (non-hydrogen) atoms. The topological polar surface area (TPSA) is 33.3 Å². The van der Waals surface area contributed by atoms with E-state index >= 15 is 0 Å². The van der Waals surface area contributed by atoms with Crippen LogP contribution in [-0.2, 0) is 26.5 Å². The fourth-order valence-corrected chi connectivity index (χ4v) is 8.01. The van der Waals surface area contributed by atoms with Crippen LogP contribution in [-0.4, -0.2) is 27.4 Å². The first-order valence-corrected chi connectivity index (χ1v) is 19.4. The number of fused-ring (bicyclic) bond motifs is 10. The Bertz CT molecular complexity index is 3180. The van der Waals surface area contributed by atoms with E-state index in [4.69, 9.17) is 13.8 Å². The molecule has 0 unspecified atom stereocenters. The molecule has 0 fully saturated rings. The molecule has 1 aliphatic heterocycles. The number of hydrogen-bond donors (Lipinski definition) is 0. The summed E-state index contributed by atoms with van der Waals surface area (Å²) in [6, 6.07) is 61.2. The number of nitrogens with zero attached hydrogens (tertiary/aromatic N) is 4. The number of hydrogen-bond acceptors (Lipinski definition) is 3. The van der Waals surface area contributed by atoms with Crippen LogP contribution in [0.2, 0.25) is 0 Å². The number of pyridine rings is 1. The summed E-state index contributed by atoms with van der Waals surface area (Å²) in [5.41, 5.74) is 10.3. The molecule has 1 aliphatic rings. The average molecular weight is 947 g/mol. The zero-order valence-electron chi connectivity index (χ0n) is 35.7. The minimum atomic E-state index is -2.61. The van der Waals surface area contributed by atoms with Gasteiger partial charge in [-0.05, 0) is 67.9 Å². The van der Waals surface area contributed by atoms with Gasteiger partial charge in [-0.1, -0.05) is 147 Å². The first kappa shape index (κ1) is 34.5. The van der Waals surface area contributed by atoms with Crippen molar-refractivity contribution in [3.05, 3.63) is 188 Å². The molecule has 0 N–H and O–H groups in total. The molecule has 0 saturated heterocycles. The molecule has 3 heterocycles. The van der Waals surface area contributed by atoms with E-state index < -0.39 is 6.98 Å². The monoisotopic (exact) mass is 946 g/mol. The zero-order valence-corrected chi connectivity index (χ0v) is 35.0. The van der Waals surface area contributed by atoms with E-state index in [0.717, 1.165) is 66.7 Å². The van der Waals surface area contributed by atoms with Crippen LogP contribution in [0, 0.1) is 12.1 Å². The molecule has 9 aromatic rings. The first-order chi connectivity index (χ1) is 29.5. The van der Waals surface area contributed by atoms with Crippen molar-refractivity contribution >= 4 is 45.2 Å². The van der Waals surface area contributed by atoms with E-state index in [-0.39, 0.29) is 26.5 Å². The second-order valence-corrected chi connectivity index (χ2v) is 15.5. The maximum absolute atomic E-state index is 8.90. The predicted molar refractivity (Wildman–Crippen MR) is 237 cm³/mol. The van der Waals surface area contributed by atoms with Crippen molar-refractivity contribution < 1.29 is 34.5 Å². The number of benzene rings is 7. The molecule has 0 aliphatic carbocycles. The average Bonchev–Trinajstić information content (AvgIpc) is 3.59. The molecular weight excluding hydrogens is 904 g/mol. The third-order valence-corrected chi connectivity index (χ3v) is 10.8. The third kappa shape index (κ3) is 6.86. The molecule has 0 bridgehead atoms. The summed E-state index contributed by atoms with van der Waals surface area (Å²) in [6.07, 6.45) is 5.22. The van der Waals surface area contributed by atoms with Crippen LogP contribution in [0.5, 0.6) is 11.5 Å². The van der Waals surface area contributed by atoms with Gasteiger partial charge in [0.1, 0.15) is 5.82 Å². The van der Waals surface area contributed by atoms with E-state index in [1.807, 2.05) is 115 Å². The molecule has 2 aromatic heterocycles. The molecule has 0 spiro atoms. The van der Waals surface area contributed by atoms with Crippen molar-refractivity contribution in [3.63, 3.8) is 0 Å². The molecule has 10 rings (SSSR count). The predicted octanol–water partition coefficient (Wildman–Crippen LogP) is 13.2. The van der Waals surface area contributed by atoms with Gasteiger partial charge >= 0.3 is 0 Å². The summed E-state index contributed by atoms with van der Waals surface area (Å²) in [4.78, 5) is 6.60. The van der Waals surface area contributed by atoms with Crippen LogP contribution in [0.1, 0.15) is 30.4 Å². The van der Waals surface area contributed by atoms with Crippen LogP contribution in [0.25, 0.3) is 61.0 Å². The third-order valence-electron chi connectivity index (χ3n) is 10.8. The van der Waals surface area contributed by atoms with Crippen LogP contribution >= 0.6 is 0 Å². The summed E-state index contributed by atoms with van der Waals surface area (Å²) < 4.78 is 36.7. The van der Waals surface area contributed by atoms with E-state index in [2.05, 4.69) is 98.4 Å². The van der Waals surface area contributed by atoms with E-state index in [0.29, 0.717) is 22.9 Å². The van der Waals surface area contributed by atoms with Gasteiger partial charge in [0.05, 0.1) is 22.5 Å². The van der Waals surface area contributed by atoms with Gasteiger partial charge in [-0.3, -0.25) is 0 Å². The number of para-hydroxylation sites is 3. The second-order valence-electron chi connectivity index (χ2n) is 15.5. The summed E-state index contributed by atoms with van der Waals surface area (Å²) in [6.45, 7) is 3.98. The Morgan fingerprint density at radius 2 is 1.24 bits per heavy atom. The van der Waals surface area contributed by atoms with Gasteiger partial charge in [0, 0.05) is 44.3 Å². The van der Waals surface area contributed by atoms with Crippen molar-refractivity contribution in [1.82, 2.24) is 9.55 Å². The minimum Gasteiger partial charge on any atom is -0.510 e. The van der Waals surface area contributed by atoms with Gasteiger partial charge in [0.25, 0.3) is 0 Å². The molecule has 6 heteroatoms. The molecule has 0 radical (unpaired) electrons. The fraction of sp³-hybridized carbons (Fsp3) is 0.0943. The standard InChI is InChI=1S/C53H40N4O.Pt/c1-53(2,3)36-30-31-54-52(32-36)57-50-27-14-11-24-46(50)47-29-28-39(34-51(47)57)58-38-17-15-16-37(33-38)56-35-55(4)48-25-12-9-22-44(48)42-20-7-5-18-40(42)41-19-6-8-21-43(41)45-23-10-13-26-49(45)56;/h5-32H,1-4H3;/q-2;/i4D3;. The quantitative estimate of drug-likeness (QED) is 0.130. The molecular formula is C53H40N4OPt-2. The van der Waals surface area contributed by atoms with Crippen LogP contribution in [0.4, 0.5) is 17.1 Å². The van der Waals surface area contributed by atoms with Gasteiger partial charge in [0.2, 0.25) is 6.34 Å². The summed E-state index contributed by atoms with van der Waals surface area (Å²) in [7, 11) is 0. The number of rotatable bonds is 4. The Balaban J connectivity index is 0.00000490. The fourth-order valence-electron chi connectivity index (χ4n) is 8.01. The normalized spacial score (nSPS) is 13.3. The van der Waals surface area contributed by atoms with Crippen molar-refractivity contribution in [2.45, 2.75) is 26.2 Å². The molecule has 0 saturated carbocycles. The largest absolute Gasteiger partial charge is 0.510 e. The van der Waals surface area contributed by atoms with Gasteiger partial charge in [-0.2, -0.15) is 18.2 Å². The maximum atomic E-state index is 8.90. The summed E-state index contributed by atoms with van der Waals surface area (Å²) >= 11 is 0. The van der Waals surface area contributed by atoms with Crippen LogP contribution < -0.4 is 9.64 Å². The Kier molecular flexibility index (Phi) is 8.95. The Hall–Kier alpha value is -6.55. The molecule has 7 aromatic carbocycles. The van der Waals surface area contributed by atoms with Crippen molar-refractivity contribution in [2.24, 2.45) is 0 Å². The number of anilines is 2. The van der Waals surface area contributed by atoms with Gasteiger partial charge in [-0.15, -0.1) is 29.7 Å². The molecule has 0 atom stereocenters. The first-order valence-electron chi connectivity index (χ1n) is 20.9. The number of aromatic nitrogens is 2. The van der Waals surface area contributed by atoms with Crippen molar-refractivity contribution in [3.8, 4) is 50.7 Å². The Morgan fingerprint density at radius 1 is 0.610 bits per heavy atom. The van der Waals surface area contributed by atoms with Crippen LogP contribution in [0.15, 0.2) is 170 Å². The van der Waals surface area contributed by atoms with Gasteiger partial charge in [-0.25, -0.2) is 4.98 Å².